The van der Waals surface area contributed by atoms with Crippen LogP contribution in [0.15, 0.2) is 0 Å². The molecule has 1 aromatic rings. The van der Waals surface area contributed by atoms with Crippen LogP contribution in [0, 0.1) is 13.8 Å². The van der Waals surface area contributed by atoms with Crippen LogP contribution in [0.5, 0.6) is 0 Å². The Labute approximate surface area is 109 Å². The first-order valence-electron chi connectivity index (χ1n) is 6.17. The number of aryl methyl sites for hydroxylation is 2. The highest BCUT2D eigenvalue weighted by Crippen LogP contribution is 2.19. The fourth-order valence-corrected chi connectivity index (χ4v) is 2.44. The zero-order valence-electron chi connectivity index (χ0n) is 11.5. The number of aromatic nitrogens is 2. The second kappa shape index (κ2) is 6.97. The molecule has 0 bridgehead atoms. The fraction of sp³-hybridized carbons (Fsp3) is 0.692. The number of thioether (sulfide) groups is 1. The molecule has 0 aliphatic heterocycles. The van der Waals surface area contributed by atoms with Gasteiger partial charge in [-0.25, -0.2) is 9.97 Å². The van der Waals surface area contributed by atoms with Crippen molar-refractivity contribution in [3.05, 3.63) is 22.8 Å². The molecule has 0 aliphatic carbocycles. The Morgan fingerprint density at radius 2 is 1.82 bits per heavy atom. The van der Waals surface area contributed by atoms with Crippen molar-refractivity contribution >= 4 is 11.8 Å². The van der Waals surface area contributed by atoms with Crippen LogP contribution in [0.25, 0.3) is 0 Å². The number of rotatable bonds is 6. The average Bonchev–Trinajstić information content (AvgIpc) is 2.30. The second-order valence-electron chi connectivity index (χ2n) is 4.35. The number of hydrogen-bond acceptors (Lipinski definition) is 4. The lowest BCUT2D eigenvalue weighted by molar-refractivity contribution is 0.777. The minimum atomic E-state index is 0.677. The van der Waals surface area contributed by atoms with E-state index in [1.54, 1.807) is 0 Å². The van der Waals surface area contributed by atoms with Crippen LogP contribution in [0.1, 0.15) is 43.0 Å². The molecule has 0 amide bonds. The van der Waals surface area contributed by atoms with Crippen LogP contribution < -0.4 is 5.32 Å². The average molecular weight is 253 g/mol. The van der Waals surface area contributed by atoms with E-state index < -0.39 is 0 Å². The predicted molar refractivity (Wildman–Crippen MR) is 75.3 cm³/mol. The molecule has 0 aromatic carbocycles. The highest BCUT2D eigenvalue weighted by molar-refractivity contribution is 7.99. The fourth-order valence-electron chi connectivity index (χ4n) is 1.64. The van der Waals surface area contributed by atoms with E-state index in [0.29, 0.717) is 5.25 Å². The highest BCUT2D eigenvalue weighted by Gasteiger charge is 2.08. The molecule has 1 rings (SSSR count). The summed E-state index contributed by atoms with van der Waals surface area (Å²) in [5, 5.41) is 3.84. The van der Waals surface area contributed by atoms with Gasteiger partial charge >= 0.3 is 0 Å². The molecule has 0 radical (unpaired) electrons. The molecule has 0 saturated carbocycles. The van der Waals surface area contributed by atoms with Gasteiger partial charge < -0.3 is 5.32 Å². The van der Waals surface area contributed by atoms with Crippen molar-refractivity contribution in [2.24, 2.45) is 0 Å². The van der Waals surface area contributed by atoms with Crippen molar-refractivity contribution in [1.82, 2.24) is 15.3 Å². The van der Waals surface area contributed by atoms with E-state index in [0.717, 1.165) is 29.5 Å². The summed E-state index contributed by atoms with van der Waals surface area (Å²) in [5.74, 6) is 1.88. The SMILES string of the molecule is CCC(C)SCc1nc(C)c(CNC)c(C)n1. The van der Waals surface area contributed by atoms with Crippen LogP contribution >= 0.6 is 11.8 Å². The number of nitrogens with one attached hydrogen (secondary N) is 1. The standard InChI is InChI=1S/C13H23N3S/c1-6-9(2)17-8-13-15-10(3)12(7-14-5)11(4)16-13/h9,14H,6-8H2,1-5H3. The normalized spacial score (nSPS) is 12.8. The molecular weight excluding hydrogens is 230 g/mol. The summed E-state index contributed by atoms with van der Waals surface area (Å²) in [4.78, 5) is 9.17. The van der Waals surface area contributed by atoms with E-state index in [9.17, 15) is 0 Å². The van der Waals surface area contributed by atoms with Crippen LogP contribution in [0.3, 0.4) is 0 Å². The lowest BCUT2D eigenvalue weighted by atomic mass is 10.1. The third-order valence-corrected chi connectivity index (χ3v) is 4.22. The second-order valence-corrected chi connectivity index (χ2v) is 5.78. The highest BCUT2D eigenvalue weighted by atomic mass is 32.2. The molecule has 0 spiro atoms. The maximum atomic E-state index is 4.59. The summed E-state index contributed by atoms with van der Waals surface area (Å²) in [6, 6.07) is 0. The minimum absolute atomic E-state index is 0.677. The molecule has 1 N–H and O–H groups in total. The van der Waals surface area contributed by atoms with Crippen molar-refractivity contribution < 1.29 is 0 Å². The first-order chi connectivity index (χ1) is 8.08. The molecule has 0 aliphatic rings. The molecule has 96 valence electrons. The Hall–Kier alpha value is -0.610. The molecular formula is C13H23N3S. The van der Waals surface area contributed by atoms with Gasteiger partial charge in [-0.1, -0.05) is 13.8 Å². The van der Waals surface area contributed by atoms with Gasteiger partial charge in [-0.15, -0.1) is 0 Å². The quantitative estimate of drug-likeness (QED) is 0.846. The monoisotopic (exact) mass is 253 g/mol. The van der Waals surface area contributed by atoms with E-state index in [2.05, 4.69) is 43.0 Å². The summed E-state index contributed by atoms with van der Waals surface area (Å²) in [6.45, 7) is 9.44. The third kappa shape index (κ3) is 4.28. The van der Waals surface area contributed by atoms with Crippen LogP contribution in [0.4, 0.5) is 0 Å². The molecule has 1 atom stereocenters. The van der Waals surface area contributed by atoms with Gasteiger partial charge in [0.05, 0.1) is 5.75 Å². The maximum absolute atomic E-state index is 4.59. The Bertz CT molecular complexity index is 343. The van der Waals surface area contributed by atoms with Crippen molar-refractivity contribution in [3.8, 4) is 0 Å². The van der Waals surface area contributed by atoms with Gasteiger partial charge in [0.1, 0.15) is 5.82 Å². The first-order valence-corrected chi connectivity index (χ1v) is 7.22. The van der Waals surface area contributed by atoms with Crippen molar-refractivity contribution in [3.63, 3.8) is 0 Å². The smallest absolute Gasteiger partial charge is 0.138 e. The van der Waals surface area contributed by atoms with E-state index in [4.69, 9.17) is 0 Å². The molecule has 1 aromatic heterocycles. The number of nitrogens with zero attached hydrogens (tertiary/aromatic N) is 2. The van der Waals surface area contributed by atoms with Gasteiger partial charge in [-0.05, 0) is 27.3 Å². The topological polar surface area (TPSA) is 37.8 Å². The largest absolute Gasteiger partial charge is 0.316 e. The summed E-state index contributed by atoms with van der Waals surface area (Å²) in [6.07, 6.45) is 1.19. The Morgan fingerprint density at radius 1 is 1.24 bits per heavy atom. The lowest BCUT2D eigenvalue weighted by Gasteiger charge is -2.11. The summed E-state index contributed by atoms with van der Waals surface area (Å²) >= 11 is 1.93. The van der Waals surface area contributed by atoms with E-state index in [1.807, 2.05) is 18.8 Å². The molecule has 17 heavy (non-hydrogen) atoms. The van der Waals surface area contributed by atoms with Crippen molar-refractivity contribution in [1.29, 1.82) is 0 Å². The zero-order valence-corrected chi connectivity index (χ0v) is 12.3. The van der Waals surface area contributed by atoms with Crippen LogP contribution in [0.2, 0.25) is 0 Å². The summed E-state index contributed by atoms with van der Waals surface area (Å²) in [7, 11) is 1.95. The van der Waals surface area contributed by atoms with Crippen LogP contribution in [-0.2, 0) is 12.3 Å². The minimum Gasteiger partial charge on any atom is -0.316 e. The lowest BCUT2D eigenvalue weighted by Crippen LogP contribution is -2.12. The van der Waals surface area contributed by atoms with Gasteiger partial charge in [-0.3, -0.25) is 0 Å². The Balaban J connectivity index is 2.76. The first kappa shape index (κ1) is 14.5. The maximum Gasteiger partial charge on any atom is 0.138 e. The Kier molecular flexibility index (Phi) is 5.92. The van der Waals surface area contributed by atoms with Crippen molar-refractivity contribution in [2.45, 2.75) is 51.7 Å². The third-order valence-electron chi connectivity index (χ3n) is 2.89. The summed E-state index contributed by atoms with van der Waals surface area (Å²) < 4.78 is 0. The summed E-state index contributed by atoms with van der Waals surface area (Å²) in [5.41, 5.74) is 3.43. The molecule has 0 saturated heterocycles. The van der Waals surface area contributed by atoms with Crippen LogP contribution in [-0.4, -0.2) is 22.3 Å². The van der Waals surface area contributed by atoms with E-state index in [1.165, 1.54) is 12.0 Å². The predicted octanol–water partition coefficient (Wildman–Crippen LogP) is 2.84. The van der Waals surface area contributed by atoms with Gasteiger partial charge in [0, 0.05) is 28.7 Å². The van der Waals surface area contributed by atoms with Gasteiger partial charge in [0.25, 0.3) is 0 Å². The Morgan fingerprint density at radius 3 is 2.29 bits per heavy atom. The zero-order chi connectivity index (χ0) is 12.8. The van der Waals surface area contributed by atoms with Gasteiger partial charge in [0.15, 0.2) is 0 Å². The van der Waals surface area contributed by atoms with Gasteiger partial charge in [-0.2, -0.15) is 11.8 Å². The molecule has 0 fully saturated rings. The molecule has 1 unspecified atom stereocenters. The molecule has 4 heteroatoms. The molecule has 3 nitrogen and oxygen atoms in total. The van der Waals surface area contributed by atoms with Gasteiger partial charge in [0.2, 0.25) is 0 Å². The number of hydrogen-bond donors (Lipinski definition) is 1. The van der Waals surface area contributed by atoms with E-state index >= 15 is 0 Å². The van der Waals surface area contributed by atoms with Crippen molar-refractivity contribution in [2.75, 3.05) is 7.05 Å². The van der Waals surface area contributed by atoms with E-state index in [-0.39, 0.29) is 0 Å². The molecule has 1 heterocycles.